The molecule has 96 valence electrons. The predicted molar refractivity (Wildman–Crippen MR) is 66.6 cm³/mol. The van der Waals surface area contributed by atoms with Crippen LogP contribution in [0, 0.1) is 0 Å². The van der Waals surface area contributed by atoms with E-state index in [4.69, 9.17) is 9.15 Å². The van der Waals surface area contributed by atoms with Gasteiger partial charge in [0.2, 0.25) is 0 Å². The van der Waals surface area contributed by atoms with Gasteiger partial charge in [-0.3, -0.25) is 4.40 Å². The smallest absolute Gasteiger partial charge is 0.360 e. The quantitative estimate of drug-likeness (QED) is 0.672. The number of rotatable bonds is 3. The number of ether oxygens (including phenoxy) is 1. The number of carbonyl (C=O) groups excluding carboxylic acids is 1. The second kappa shape index (κ2) is 4.56. The van der Waals surface area contributed by atoms with E-state index < -0.39 is 5.97 Å². The van der Waals surface area contributed by atoms with Gasteiger partial charge < -0.3 is 9.15 Å². The third kappa shape index (κ3) is 1.87. The van der Waals surface area contributed by atoms with Gasteiger partial charge in [0.1, 0.15) is 6.33 Å². The van der Waals surface area contributed by atoms with Crippen LogP contribution in [0.25, 0.3) is 17.1 Å². The average molecular weight is 257 g/mol. The summed E-state index contributed by atoms with van der Waals surface area (Å²) in [5, 5.41) is 0. The van der Waals surface area contributed by atoms with Crippen molar-refractivity contribution in [2.75, 3.05) is 6.61 Å². The van der Waals surface area contributed by atoms with E-state index in [-0.39, 0.29) is 5.69 Å². The Morgan fingerprint density at radius 1 is 1.42 bits per heavy atom. The van der Waals surface area contributed by atoms with E-state index >= 15 is 0 Å². The lowest BCUT2D eigenvalue weighted by Gasteiger charge is -2.02. The van der Waals surface area contributed by atoms with Gasteiger partial charge in [0.25, 0.3) is 0 Å². The molecule has 3 aromatic heterocycles. The van der Waals surface area contributed by atoms with Crippen LogP contribution in [0.15, 0.2) is 41.4 Å². The molecule has 3 rings (SSSR count). The van der Waals surface area contributed by atoms with Gasteiger partial charge in [-0.1, -0.05) is 0 Å². The Labute approximate surface area is 108 Å². The molecule has 0 atom stereocenters. The highest BCUT2D eigenvalue weighted by Crippen LogP contribution is 2.21. The number of aromatic nitrogens is 3. The third-order valence-corrected chi connectivity index (χ3v) is 2.67. The molecule has 0 aliphatic heterocycles. The largest absolute Gasteiger partial charge is 0.463 e. The van der Waals surface area contributed by atoms with Crippen LogP contribution in [0.2, 0.25) is 0 Å². The Balaban J connectivity index is 2.16. The molecule has 0 spiro atoms. The maximum Gasteiger partial charge on any atom is 0.360 e. The standard InChI is InChI=1S/C13H11N3O3/c1-2-18-13(17)11-12-14-6-5-9(16(12)8-15-11)10-4-3-7-19-10/h3-8H,2H2,1H3. The first-order chi connectivity index (χ1) is 9.31. The van der Waals surface area contributed by atoms with Crippen LogP contribution >= 0.6 is 0 Å². The molecule has 0 aliphatic rings. The van der Waals surface area contributed by atoms with E-state index in [9.17, 15) is 4.79 Å². The maximum absolute atomic E-state index is 11.8. The Bertz CT molecular complexity index is 716. The molecule has 3 heterocycles. The first-order valence-electron chi connectivity index (χ1n) is 5.84. The summed E-state index contributed by atoms with van der Waals surface area (Å²) in [5.41, 5.74) is 1.43. The minimum Gasteiger partial charge on any atom is -0.463 e. The number of nitrogens with zero attached hydrogens (tertiary/aromatic N) is 3. The number of hydrogen-bond donors (Lipinski definition) is 0. The van der Waals surface area contributed by atoms with Crippen LogP contribution in [0.5, 0.6) is 0 Å². The number of carbonyl (C=O) groups is 1. The topological polar surface area (TPSA) is 69.6 Å². The van der Waals surface area contributed by atoms with Gasteiger partial charge in [-0.25, -0.2) is 14.8 Å². The van der Waals surface area contributed by atoms with E-state index in [1.54, 1.807) is 35.9 Å². The zero-order valence-electron chi connectivity index (χ0n) is 10.2. The van der Waals surface area contributed by atoms with Crippen molar-refractivity contribution in [1.82, 2.24) is 14.4 Å². The molecule has 6 nitrogen and oxygen atoms in total. The molecule has 0 saturated carbocycles. The monoisotopic (exact) mass is 257 g/mol. The lowest BCUT2D eigenvalue weighted by Crippen LogP contribution is -2.06. The van der Waals surface area contributed by atoms with Crippen LogP contribution < -0.4 is 0 Å². The van der Waals surface area contributed by atoms with Crippen molar-refractivity contribution < 1.29 is 13.9 Å². The summed E-state index contributed by atoms with van der Waals surface area (Å²) in [6, 6.07) is 5.42. The van der Waals surface area contributed by atoms with Crippen molar-refractivity contribution >= 4 is 11.6 Å². The molecule has 0 unspecified atom stereocenters. The fourth-order valence-corrected chi connectivity index (χ4v) is 1.87. The zero-order valence-corrected chi connectivity index (χ0v) is 10.2. The molecule has 0 amide bonds. The fraction of sp³-hybridized carbons (Fsp3) is 0.154. The zero-order chi connectivity index (χ0) is 13.2. The van der Waals surface area contributed by atoms with Crippen LogP contribution in [-0.2, 0) is 4.74 Å². The summed E-state index contributed by atoms with van der Waals surface area (Å²) in [7, 11) is 0. The van der Waals surface area contributed by atoms with Crippen LogP contribution in [-0.4, -0.2) is 26.9 Å². The van der Waals surface area contributed by atoms with E-state index in [2.05, 4.69) is 9.97 Å². The molecule has 0 radical (unpaired) electrons. The minimum absolute atomic E-state index is 0.204. The van der Waals surface area contributed by atoms with E-state index in [0.29, 0.717) is 18.0 Å². The molecule has 0 bridgehead atoms. The van der Waals surface area contributed by atoms with Crippen molar-refractivity contribution in [1.29, 1.82) is 0 Å². The van der Waals surface area contributed by atoms with Gasteiger partial charge in [-0.05, 0) is 25.1 Å². The van der Waals surface area contributed by atoms with Crippen molar-refractivity contribution in [2.45, 2.75) is 6.92 Å². The van der Waals surface area contributed by atoms with Gasteiger partial charge in [0, 0.05) is 6.20 Å². The molecule has 0 saturated heterocycles. The van der Waals surface area contributed by atoms with E-state index in [1.807, 2.05) is 6.07 Å². The number of esters is 1. The highest BCUT2D eigenvalue weighted by molar-refractivity contribution is 5.94. The first-order valence-corrected chi connectivity index (χ1v) is 5.84. The molecule has 0 N–H and O–H groups in total. The summed E-state index contributed by atoms with van der Waals surface area (Å²) < 4.78 is 12.0. The molecule has 19 heavy (non-hydrogen) atoms. The Hall–Kier alpha value is -2.63. The van der Waals surface area contributed by atoms with Crippen molar-refractivity contribution in [3.8, 4) is 11.5 Å². The van der Waals surface area contributed by atoms with Crippen molar-refractivity contribution in [3.63, 3.8) is 0 Å². The van der Waals surface area contributed by atoms with Gasteiger partial charge in [0.15, 0.2) is 17.1 Å². The molecule has 3 aromatic rings. The number of furan rings is 1. The average Bonchev–Trinajstić information content (AvgIpc) is 3.08. The minimum atomic E-state index is -0.478. The third-order valence-electron chi connectivity index (χ3n) is 2.67. The first kappa shape index (κ1) is 11.5. The van der Waals surface area contributed by atoms with E-state index in [0.717, 1.165) is 5.69 Å². The Morgan fingerprint density at radius 2 is 2.32 bits per heavy atom. The summed E-state index contributed by atoms with van der Waals surface area (Å²) in [4.78, 5) is 20.0. The molecular formula is C13H11N3O3. The summed E-state index contributed by atoms with van der Waals surface area (Å²) in [6.45, 7) is 2.05. The Morgan fingerprint density at radius 3 is 3.05 bits per heavy atom. The van der Waals surface area contributed by atoms with Crippen LogP contribution in [0.3, 0.4) is 0 Å². The van der Waals surface area contributed by atoms with Crippen molar-refractivity contribution in [2.24, 2.45) is 0 Å². The lowest BCUT2D eigenvalue weighted by molar-refractivity contribution is 0.0522. The molecule has 0 fully saturated rings. The molecular weight excluding hydrogens is 246 g/mol. The van der Waals surface area contributed by atoms with Gasteiger partial charge in [-0.2, -0.15) is 0 Å². The predicted octanol–water partition coefficient (Wildman–Crippen LogP) is 2.17. The summed E-state index contributed by atoms with van der Waals surface area (Å²) in [6.07, 6.45) is 4.73. The molecule has 6 heteroatoms. The molecule has 0 aromatic carbocycles. The van der Waals surface area contributed by atoms with Gasteiger partial charge >= 0.3 is 5.97 Å². The normalized spacial score (nSPS) is 10.8. The van der Waals surface area contributed by atoms with Gasteiger partial charge in [-0.15, -0.1) is 0 Å². The van der Waals surface area contributed by atoms with Crippen LogP contribution in [0.1, 0.15) is 17.4 Å². The van der Waals surface area contributed by atoms with E-state index in [1.165, 1.54) is 6.33 Å². The second-order valence-electron chi connectivity index (χ2n) is 3.81. The van der Waals surface area contributed by atoms with Crippen LogP contribution in [0.4, 0.5) is 0 Å². The second-order valence-corrected chi connectivity index (χ2v) is 3.81. The summed E-state index contributed by atoms with van der Waals surface area (Å²) in [5.74, 6) is 0.203. The number of hydrogen-bond acceptors (Lipinski definition) is 5. The highest BCUT2D eigenvalue weighted by Gasteiger charge is 2.17. The lowest BCUT2D eigenvalue weighted by atomic mass is 10.3. The molecule has 0 aliphatic carbocycles. The Kier molecular flexibility index (Phi) is 2.75. The number of imidazole rings is 1. The number of fused-ring (bicyclic) bond motifs is 1. The van der Waals surface area contributed by atoms with Gasteiger partial charge in [0.05, 0.1) is 18.6 Å². The van der Waals surface area contributed by atoms with Crippen molar-refractivity contribution in [3.05, 3.63) is 42.7 Å². The maximum atomic E-state index is 11.8. The summed E-state index contributed by atoms with van der Waals surface area (Å²) >= 11 is 0. The fourth-order valence-electron chi connectivity index (χ4n) is 1.87. The highest BCUT2D eigenvalue weighted by atomic mass is 16.5. The SMILES string of the molecule is CCOC(=O)c1ncn2c(-c3ccco3)ccnc12.